The fraction of sp³-hybridized carbons (Fsp3) is 0.727. The summed E-state index contributed by atoms with van der Waals surface area (Å²) in [6, 6.07) is 0.335. The zero-order valence-corrected chi connectivity index (χ0v) is 9.24. The molecule has 0 aromatic carbocycles. The first-order valence-electron chi connectivity index (χ1n) is 5.53. The summed E-state index contributed by atoms with van der Waals surface area (Å²) < 4.78 is 2.18. The van der Waals surface area contributed by atoms with Crippen molar-refractivity contribution in [1.82, 2.24) is 9.55 Å². The third-order valence-corrected chi connectivity index (χ3v) is 2.54. The molecule has 0 radical (unpaired) electrons. The predicted octanol–water partition coefficient (Wildman–Crippen LogP) is 1.96. The van der Waals surface area contributed by atoms with Crippen molar-refractivity contribution in [1.29, 1.82) is 0 Å². The number of hydrogen-bond donors (Lipinski definition) is 1. The van der Waals surface area contributed by atoms with Crippen LogP contribution >= 0.6 is 0 Å². The summed E-state index contributed by atoms with van der Waals surface area (Å²) >= 11 is 0. The largest absolute Gasteiger partial charge is 0.335 e. The lowest BCUT2D eigenvalue weighted by Gasteiger charge is -2.10. The van der Waals surface area contributed by atoms with Crippen LogP contribution in [0.5, 0.6) is 0 Å². The molecule has 0 aliphatic heterocycles. The van der Waals surface area contributed by atoms with Gasteiger partial charge in [-0.15, -0.1) is 0 Å². The fourth-order valence-corrected chi connectivity index (χ4v) is 1.69. The average Bonchev–Trinajstić information content (AvgIpc) is 2.62. The Morgan fingerprint density at radius 2 is 2.21 bits per heavy atom. The van der Waals surface area contributed by atoms with E-state index in [1.807, 2.05) is 12.4 Å². The normalized spacial score (nSPS) is 13.1. The first-order valence-corrected chi connectivity index (χ1v) is 5.53. The highest BCUT2D eigenvalue weighted by Crippen LogP contribution is 2.05. The summed E-state index contributed by atoms with van der Waals surface area (Å²) in [7, 11) is 0. The topological polar surface area (TPSA) is 43.8 Å². The lowest BCUT2D eigenvalue weighted by atomic mass is 10.1. The number of hydrogen-bond acceptors (Lipinski definition) is 2. The molecule has 3 heteroatoms. The molecule has 0 bridgehead atoms. The second kappa shape index (κ2) is 5.81. The van der Waals surface area contributed by atoms with Crippen molar-refractivity contribution in [3.05, 3.63) is 18.2 Å². The molecule has 1 aromatic heterocycles. The van der Waals surface area contributed by atoms with Gasteiger partial charge in [-0.05, 0) is 19.8 Å². The van der Waals surface area contributed by atoms with Crippen molar-refractivity contribution in [2.75, 3.05) is 0 Å². The third kappa shape index (κ3) is 3.14. The van der Waals surface area contributed by atoms with E-state index < -0.39 is 0 Å². The summed E-state index contributed by atoms with van der Waals surface area (Å²) in [6.45, 7) is 5.31. The van der Waals surface area contributed by atoms with Crippen LogP contribution in [0.2, 0.25) is 0 Å². The van der Waals surface area contributed by atoms with Crippen LogP contribution < -0.4 is 5.73 Å². The van der Waals surface area contributed by atoms with Crippen LogP contribution in [0.25, 0.3) is 0 Å². The van der Waals surface area contributed by atoms with Gasteiger partial charge in [-0.2, -0.15) is 0 Å². The molecule has 0 amide bonds. The molecule has 1 aromatic rings. The molecule has 80 valence electrons. The summed E-state index contributed by atoms with van der Waals surface area (Å²) in [5, 5.41) is 0. The van der Waals surface area contributed by atoms with Gasteiger partial charge in [-0.25, -0.2) is 4.98 Å². The van der Waals surface area contributed by atoms with Crippen molar-refractivity contribution in [3.63, 3.8) is 0 Å². The lowest BCUT2D eigenvalue weighted by molar-refractivity contribution is 0.542. The zero-order chi connectivity index (χ0) is 10.4. The summed E-state index contributed by atoms with van der Waals surface area (Å²) in [5.74, 6) is 1.17. The second-order valence-electron chi connectivity index (χ2n) is 3.72. The van der Waals surface area contributed by atoms with Gasteiger partial charge >= 0.3 is 0 Å². The molecule has 1 unspecified atom stereocenters. The molecule has 14 heavy (non-hydrogen) atoms. The van der Waals surface area contributed by atoms with E-state index in [0.29, 0.717) is 6.04 Å². The summed E-state index contributed by atoms with van der Waals surface area (Å²) in [4.78, 5) is 4.33. The van der Waals surface area contributed by atoms with Crippen LogP contribution in [-0.4, -0.2) is 15.6 Å². The molecule has 1 atom stereocenters. The SMILES string of the molecule is CCCC(N)CCc1nccn1CC. The van der Waals surface area contributed by atoms with E-state index in [1.54, 1.807) is 0 Å². The quantitative estimate of drug-likeness (QED) is 0.754. The Labute approximate surface area is 86.3 Å². The Bertz CT molecular complexity index is 255. The molecule has 1 rings (SSSR count). The Balaban J connectivity index is 2.37. The van der Waals surface area contributed by atoms with Crippen molar-refractivity contribution in [2.45, 2.75) is 52.1 Å². The maximum absolute atomic E-state index is 5.96. The lowest BCUT2D eigenvalue weighted by Crippen LogP contribution is -2.20. The van der Waals surface area contributed by atoms with E-state index in [9.17, 15) is 0 Å². The van der Waals surface area contributed by atoms with E-state index in [1.165, 1.54) is 12.2 Å². The molecule has 3 nitrogen and oxygen atoms in total. The van der Waals surface area contributed by atoms with Gasteiger partial charge in [-0.3, -0.25) is 0 Å². The van der Waals surface area contributed by atoms with Gasteiger partial charge in [0, 0.05) is 31.4 Å². The molecule has 2 N–H and O–H groups in total. The van der Waals surface area contributed by atoms with E-state index in [2.05, 4.69) is 23.4 Å². The maximum atomic E-state index is 5.96. The Morgan fingerprint density at radius 1 is 1.43 bits per heavy atom. The van der Waals surface area contributed by atoms with Crippen LogP contribution in [0.1, 0.15) is 38.9 Å². The predicted molar refractivity (Wildman–Crippen MR) is 59.1 cm³/mol. The summed E-state index contributed by atoms with van der Waals surface area (Å²) in [6.07, 6.45) is 8.23. The van der Waals surface area contributed by atoms with Gasteiger partial charge in [0.1, 0.15) is 5.82 Å². The minimum absolute atomic E-state index is 0.335. The molecule has 0 fully saturated rings. The molecular formula is C11H21N3. The van der Waals surface area contributed by atoms with Gasteiger partial charge < -0.3 is 10.3 Å². The molecule has 0 saturated carbocycles. The zero-order valence-electron chi connectivity index (χ0n) is 9.24. The minimum Gasteiger partial charge on any atom is -0.335 e. The van der Waals surface area contributed by atoms with E-state index in [4.69, 9.17) is 5.73 Å². The van der Waals surface area contributed by atoms with Crippen molar-refractivity contribution >= 4 is 0 Å². The molecular weight excluding hydrogens is 174 g/mol. The highest BCUT2D eigenvalue weighted by molar-refractivity contribution is 4.92. The maximum Gasteiger partial charge on any atom is 0.108 e. The van der Waals surface area contributed by atoms with Crippen molar-refractivity contribution in [3.8, 4) is 0 Å². The number of imidazole rings is 1. The van der Waals surface area contributed by atoms with E-state index in [-0.39, 0.29) is 0 Å². The van der Waals surface area contributed by atoms with Crippen LogP contribution in [0, 0.1) is 0 Å². The van der Waals surface area contributed by atoms with E-state index in [0.717, 1.165) is 25.8 Å². The molecule has 0 saturated heterocycles. The second-order valence-corrected chi connectivity index (χ2v) is 3.72. The van der Waals surface area contributed by atoms with Gasteiger partial charge in [0.2, 0.25) is 0 Å². The molecule has 0 aliphatic carbocycles. The van der Waals surface area contributed by atoms with Crippen LogP contribution in [0.3, 0.4) is 0 Å². The monoisotopic (exact) mass is 195 g/mol. The first kappa shape index (κ1) is 11.2. The number of aromatic nitrogens is 2. The van der Waals surface area contributed by atoms with Gasteiger partial charge in [-0.1, -0.05) is 13.3 Å². The van der Waals surface area contributed by atoms with Crippen LogP contribution in [-0.2, 0) is 13.0 Å². The molecule has 0 aliphatic rings. The Hall–Kier alpha value is -0.830. The first-order chi connectivity index (χ1) is 6.77. The minimum atomic E-state index is 0.335. The van der Waals surface area contributed by atoms with E-state index >= 15 is 0 Å². The standard InChI is InChI=1S/C11H21N3/c1-3-5-10(12)6-7-11-13-8-9-14(11)4-2/h8-10H,3-7,12H2,1-2H3. The Morgan fingerprint density at radius 3 is 2.86 bits per heavy atom. The van der Waals surface area contributed by atoms with Crippen molar-refractivity contribution in [2.24, 2.45) is 5.73 Å². The fourth-order valence-electron chi connectivity index (χ4n) is 1.69. The van der Waals surface area contributed by atoms with Crippen LogP contribution in [0.15, 0.2) is 12.4 Å². The molecule has 0 spiro atoms. The van der Waals surface area contributed by atoms with Gasteiger partial charge in [0.25, 0.3) is 0 Å². The van der Waals surface area contributed by atoms with Gasteiger partial charge in [0.15, 0.2) is 0 Å². The Kier molecular flexibility index (Phi) is 4.66. The summed E-state index contributed by atoms with van der Waals surface area (Å²) in [5.41, 5.74) is 5.96. The number of nitrogens with two attached hydrogens (primary N) is 1. The highest BCUT2D eigenvalue weighted by atomic mass is 15.0. The third-order valence-electron chi connectivity index (χ3n) is 2.54. The number of aryl methyl sites for hydroxylation is 2. The smallest absolute Gasteiger partial charge is 0.108 e. The van der Waals surface area contributed by atoms with Crippen molar-refractivity contribution < 1.29 is 0 Å². The average molecular weight is 195 g/mol. The number of nitrogens with zero attached hydrogens (tertiary/aromatic N) is 2. The number of rotatable bonds is 6. The van der Waals surface area contributed by atoms with Crippen LogP contribution in [0.4, 0.5) is 0 Å². The molecule has 1 heterocycles. The highest BCUT2D eigenvalue weighted by Gasteiger charge is 2.05. The van der Waals surface area contributed by atoms with Gasteiger partial charge in [0.05, 0.1) is 0 Å².